The lowest BCUT2D eigenvalue weighted by molar-refractivity contribution is -0.102. The van der Waals surface area contributed by atoms with E-state index in [-0.39, 0.29) is 11.8 Å². The van der Waals surface area contributed by atoms with Gasteiger partial charge in [-0.15, -0.1) is 11.3 Å². The molecule has 1 heterocycles. The molecule has 5 nitrogen and oxygen atoms in total. The molecule has 1 aromatic heterocycles. The third-order valence-corrected chi connectivity index (χ3v) is 2.39. The number of carbonyl (C=O) groups is 1. The van der Waals surface area contributed by atoms with E-state index in [1.165, 1.54) is 11.3 Å². The minimum Gasteiger partial charge on any atom is -0.392 e. The molecule has 0 spiro atoms. The lowest BCUT2D eigenvalue weighted by Crippen LogP contribution is -2.04. The summed E-state index contributed by atoms with van der Waals surface area (Å²) in [4.78, 5) is 19.6. The number of carbonyl (C=O) groups excluding carboxylic acids is 1. The van der Waals surface area contributed by atoms with E-state index in [0.717, 1.165) is 12.8 Å². The molecule has 0 bridgehead atoms. The number of aromatic nitrogens is 1. The number of nitrogens with zero attached hydrogens (tertiary/aromatic N) is 2. The monoisotopic (exact) mass is 211 g/mol. The molecule has 0 saturated heterocycles. The zero-order chi connectivity index (χ0) is 9.97. The normalized spacial score (nSPS) is 16.7. The van der Waals surface area contributed by atoms with Crippen LogP contribution in [0.5, 0.6) is 0 Å². The molecule has 0 aliphatic heterocycles. The van der Waals surface area contributed by atoms with Gasteiger partial charge in [-0.25, -0.2) is 4.98 Å². The van der Waals surface area contributed by atoms with Crippen molar-refractivity contribution in [3.8, 4) is 0 Å². The van der Waals surface area contributed by atoms with Crippen LogP contribution in [0, 0.1) is 0 Å². The molecule has 2 rings (SSSR count). The number of anilines is 1. The summed E-state index contributed by atoms with van der Waals surface area (Å²) in [5.41, 5.74) is 6.11. The molecule has 1 saturated carbocycles. The van der Waals surface area contributed by atoms with Crippen molar-refractivity contribution in [1.29, 1.82) is 0 Å². The van der Waals surface area contributed by atoms with Crippen LogP contribution in [-0.2, 0) is 9.63 Å². The molecule has 0 radical (unpaired) electrons. The highest BCUT2D eigenvalue weighted by atomic mass is 32.1. The van der Waals surface area contributed by atoms with Crippen LogP contribution >= 0.6 is 11.3 Å². The first-order chi connectivity index (χ1) is 6.79. The molecule has 0 aromatic carbocycles. The van der Waals surface area contributed by atoms with Gasteiger partial charge in [0.25, 0.3) is 0 Å². The van der Waals surface area contributed by atoms with Gasteiger partial charge in [-0.2, -0.15) is 0 Å². The Morgan fingerprint density at radius 2 is 2.57 bits per heavy atom. The van der Waals surface area contributed by atoms with Crippen molar-refractivity contribution in [2.45, 2.75) is 18.9 Å². The summed E-state index contributed by atoms with van der Waals surface area (Å²) in [6.45, 7) is 0. The molecule has 6 heteroatoms. The Balaban J connectivity index is 2.10. The number of hydrogen-bond acceptors (Lipinski definition) is 6. The van der Waals surface area contributed by atoms with Gasteiger partial charge in [-0.05, 0) is 12.8 Å². The van der Waals surface area contributed by atoms with Crippen LogP contribution in [0.4, 0.5) is 5.13 Å². The number of rotatable bonds is 4. The Hall–Kier alpha value is -1.43. The maximum Gasteiger partial charge on any atom is 0.180 e. The van der Waals surface area contributed by atoms with Crippen LogP contribution in [-0.4, -0.2) is 23.1 Å². The van der Waals surface area contributed by atoms with Crippen LogP contribution in [0.15, 0.2) is 10.5 Å². The fraction of sp³-hybridized carbons (Fsp3) is 0.375. The number of nitrogen functional groups attached to an aromatic ring is 1. The van der Waals surface area contributed by atoms with Gasteiger partial charge in [0.15, 0.2) is 17.1 Å². The molecular formula is C8H9N3O2S. The second-order valence-corrected chi connectivity index (χ2v) is 3.86. The van der Waals surface area contributed by atoms with Gasteiger partial charge in [0.2, 0.25) is 0 Å². The summed E-state index contributed by atoms with van der Waals surface area (Å²) in [6, 6.07) is 0. The fourth-order valence-electron chi connectivity index (χ4n) is 0.839. The average Bonchev–Trinajstić information content (AvgIpc) is 2.90. The topological polar surface area (TPSA) is 77.6 Å². The predicted molar refractivity (Wildman–Crippen MR) is 53.2 cm³/mol. The Labute approximate surface area is 84.6 Å². The molecule has 74 valence electrons. The van der Waals surface area contributed by atoms with E-state index in [1.807, 2.05) is 0 Å². The van der Waals surface area contributed by atoms with E-state index in [2.05, 4.69) is 10.1 Å². The highest BCUT2D eigenvalue weighted by Gasteiger charge is 2.24. The average molecular weight is 211 g/mol. The van der Waals surface area contributed by atoms with Crippen LogP contribution in [0.3, 0.4) is 0 Å². The summed E-state index contributed by atoms with van der Waals surface area (Å²) < 4.78 is 0. The minimum atomic E-state index is 0.181. The standard InChI is InChI=1S/C8H9N3O2S/c9-8-10-7(4-14-8)6(3-12)11-13-5-1-2-5/h3-5H,1-2H2,(H2,9,10). The quantitative estimate of drug-likeness (QED) is 0.454. The first-order valence-electron chi connectivity index (χ1n) is 4.20. The third kappa shape index (κ3) is 2.08. The number of oxime groups is 1. The van der Waals surface area contributed by atoms with Crippen molar-refractivity contribution < 1.29 is 9.63 Å². The van der Waals surface area contributed by atoms with Crippen molar-refractivity contribution in [3.63, 3.8) is 0 Å². The van der Waals surface area contributed by atoms with Crippen molar-refractivity contribution >= 4 is 28.5 Å². The Morgan fingerprint density at radius 1 is 1.79 bits per heavy atom. The Bertz CT molecular complexity index is 370. The van der Waals surface area contributed by atoms with Gasteiger partial charge in [0, 0.05) is 5.38 Å². The van der Waals surface area contributed by atoms with E-state index in [1.54, 1.807) is 5.38 Å². The smallest absolute Gasteiger partial charge is 0.180 e. The van der Waals surface area contributed by atoms with E-state index < -0.39 is 0 Å². The molecular weight excluding hydrogens is 202 g/mol. The minimum absolute atomic E-state index is 0.181. The molecule has 1 aliphatic rings. The molecule has 2 N–H and O–H groups in total. The van der Waals surface area contributed by atoms with Crippen molar-refractivity contribution in [2.24, 2.45) is 5.16 Å². The summed E-state index contributed by atoms with van der Waals surface area (Å²) in [7, 11) is 0. The van der Waals surface area contributed by atoms with Crippen LogP contribution < -0.4 is 5.73 Å². The molecule has 1 aliphatic carbocycles. The van der Waals surface area contributed by atoms with E-state index >= 15 is 0 Å². The summed E-state index contributed by atoms with van der Waals surface area (Å²) >= 11 is 1.27. The lowest BCUT2D eigenvalue weighted by atomic mass is 10.3. The van der Waals surface area contributed by atoms with Gasteiger partial charge in [-0.1, -0.05) is 5.16 Å². The highest BCUT2D eigenvalue weighted by molar-refractivity contribution is 7.13. The Morgan fingerprint density at radius 3 is 3.07 bits per heavy atom. The summed E-state index contributed by atoms with van der Waals surface area (Å²) in [6.07, 6.45) is 2.82. The van der Waals surface area contributed by atoms with Crippen molar-refractivity contribution in [2.75, 3.05) is 5.73 Å². The first kappa shape index (κ1) is 9.14. The van der Waals surface area contributed by atoms with Gasteiger partial charge in [0.1, 0.15) is 11.8 Å². The first-order valence-corrected chi connectivity index (χ1v) is 5.08. The van der Waals surface area contributed by atoms with Crippen LogP contribution in [0.2, 0.25) is 0 Å². The highest BCUT2D eigenvalue weighted by Crippen LogP contribution is 2.23. The predicted octanol–water partition coefficient (Wildman–Crippen LogP) is 0.807. The van der Waals surface area contributed by atoms with E-state index in [0.29, 0.717) is 17.1 Å². The molecule has 1 fully saturated rings. The zero-order valence-electron chi connectivity index (χ0n) is 7.34. The van der Waals surface area contributed by atoms with Gasteiger partial charge in [-0.3, -0.25) is 4.79 Å². The van der Waals surface area contributed by atoms with Gasteiger partial charge < -0.3 is 10.6 Å². The zero-order valence-corrected chi connectivity index (χ0v) is 8.16. The fourth-order valence-corrected chi connectivity index (χ4v) is 1.40. The van der Waals surface area contributed by atoms with Crippen LogP contribution in [0.1, 0.15) is 18.5 Å². The van der Waals surface area contributed by atoms with Gasteiger partial charge >= 0.3 is 0 Å². The number of thiazole rings is 1. The maximum absolute atomic E-state index is 10.7. The van der Waals surface area contributed by atoms with Gasteiger partial charge in [0.05, 0.1) is 0 Å². The number of nitrogens with two attached hydrogens (primary N) is 1. The third-order valence-electron chi connectivity index (χ3n) is 1.72. The SMILES string of the molecule is Nc1nc(C(C=O)=NOC2CC2)cs1. The number of hydrogen-bond donors (Lipinski definition) is 1. The molecule has 0 amide bonds. The maximum atomic E-state index is 10.7. The summed E-state index contributed by atoms with van der Waals surface area (Å²) in [5, 5.41) is 5.82. The van der Waals surface area contributed by atoms with E-state index in [9.17, 15) is 4.79 Å². The summed E-state index contributed by atoms with van der Waals surface area (Å²) in [5.74, 6) is 0. The van der Waals surface area contributed by atoms with E-state index in [4.69, 9.17) is 10.6 Å². The molecule has 1 aromatic rings. The van der Waals surface area contributed by atoms with Crippen molar-refractivity contribution in [1.82, 2.24) is 4.98 Å². The molecule has 14 heavy (non-hydrogen) atoms. The molecule has 0 unspecified atom stereocenters. The number of aldehydes is 1. The second-order valence-electron chi connectivity index (χ2n) is 2.97. The second kappa shape index (κ2) is 3.75. The van der Waals surface area contributed by atoms with Crippen LogP contribution in [0.25, 0.3) is 0 Å². The Kier molecular flexibility index (Phi) is 2.45. The lowest BCUT2D eigenvalue weighted by Gasteiger charge is -1.95. The largest absolute Gasteiger partial charge is 0.392 e. The molecule has 0 atom stereocenters. The van der Waals surface area contributed by atoms with Crippen molar-refractivity contribution in [3.05, 3.63) is 11.1 Å².